The number of benzene rings is 14. The molecule has 0 aromatic heterocycles. The van der Waals surface area contributed by atoms with Gasteiger partial charge in [-0.1, -0.05) is 125 Å². The number of rotatable bonds is 24. The Balaban J connectivity index is 0.000000154. The molecule has 4 aliphatic rings. The van der Waals surface area contributed by atoms with Crippen molar-refractivity contribution in [1.29, 1.82) is 0 Å². The fourth-order valence-corrected chi connectivity index (χ4v) is 21.0. The van der Waals surface area contributed by atoms with E-state index in [1.807, 2.05) is 38.1 Å². The number of halogens is 1. The average Bonchev–Trinajstić information content (AvgIpc) is 1.73. The third-order valence-corrected chi connectivity index (χ3v) is 29.3. The van der Waals surface area contributed by atoms with E-state index in [4.69, 9.17) is 11.6 Å². The molecule has 21 N–H and O–H groups in total. The highest BCUT2D eigenvalue weighted by Crippen LogP contribution is 2.57. The van der Waals surface area contributed by atoms with Gasteiger partial charge in [-0.2, -0.15) is 0 Å². The van der Waals surface area contributed by atoms with Crippen LogP contribution in [0.4, 0.5) is 0 Å². The van der Waals surface area contributed by atoms with Crippen molar-refractivity contribution in [2.24, 2.45) is 23.7 Å². The summed E-state index contributed by atoms with van der Waals surface area (Å²) in [7, 11) is 0. The Morgan fingerprint density at radius 1 is 0.289 bits per heavy atom. The summed E-state index contributed by atoms with van der Waals surface area (Å²) in [5.41, 5.74) is 5.84. The van der Waals surface area contributed by atoms with Crippen LogP contribution in [0, 0.1) is 72.1 Å². The second-order valence-corrected chi connectivity index (χ2v) is 39.6. The molecule has 738 valence electrons. The minimum Gasteiger partial charge on any atom is -0.507 e. The van der Waals surface area contributed by atoms with Crippen LogP contribution in [-0.4, -0.2) is 140 Å². The van der Waals surface area contributed by atoms with Crippen molar-refractivity contribution in [1.82, 2.24) is 16.0 Å². The maximum Gasteiger partial charge on any atom is 0.256 e. The molecule has 142 heavy (non-hydrogen) atoms. The van der Waals surface area contributed by atoms with E-state index in [1.165, 1.54) is 31.0 Å². The number of Topliss-reactive ketones (excluding diaryl/α,β-unsaturated/α-hetero) is 3. The lowest BCUT2D eigenvalue weighted by Gasteiger charge is -2.23. The third kappa shape index (κ3) is 19.3. The second-order valence-electron chi connectivity index (χ2n) is 39.2. The molecule has 2 atom stereocenters. The van der Waals surface area contributed by atoms with Crippen molar-refractivity contribution in [2.75, 3.05) is 13.1 Å². The van der Waals surface area contributed by atoms with Crippen molar-refractivity contribution in [3.05, 3.63) is 210 Å². The molecule has 28 heteroatoms. The lowest BCUT2D eigenvalue weighted by atomic mass is 9.84. The normalized spacial score (nSPS) is 14.4. The van der Waals surface area contributed by atoms with Crippen LogP contribution in [0.15, 0.2) is 121 Å². The summed E-state index contributed by atoms with van der Waals surface area (Å²) in [5, 5.41) is 210. The first-order chi connectivity index (χ1) is 67.5. The number of carbonyl (C=O) groups excluding carboxylic acids is 6. The molecule has 3 amide bonds. The molecule has 0 aliphatic heterocycles. The molecule has 2 unspecified atom stereocenters. The van der Waals surface area contributed by atoms with E-state index in [0.717, 1.165) is 112 Å². The summed E-state index contributed by atoms with van der Waals surface area (Å²) in [6.45, 7) is 16.6. The molecule has 14 aromatic rings. The molecular formula is C114H116ClN3O24. The number of fused-ring (bicyclic) bond motifs is 6. The fraction of sp³-hybridized carbons (Fsp3) is 0.316. The number of ketones is 3. The summed E-state index contributed by atoms with van der Waals surface area (Å²) in [4.78, 5) is 80.5. The topological polar surface area (TPSA) is 503 Å². The Labute approximate surface area is 822 Å². The van der Waals surface area contributed by atoms with Crippen LogP contribution in [0.25, 0.3) is 98.0 Å². The first kappa shape index (κ1) is 99.8. The van der Waals surface area contributed by atoms with Crippen molar-refractivity contribution < 1.29 is 121 Å². The molecular weight excluding hydrogens is 1830 g/mol. The van der Waals surface area contributed by atoms with Gasteiger partial charge in [-0.25, -0.2) is 0 Å². The predicted molar refractivity (Wildman–Crippen MR) is 545 cm³/mol. The zero-order valence-corrected chi connectivity index (χ0v) is 81.0. The van der Waals surface area contributed by atoms with E-state index in [-0.39, 0.29) is 197 Å². The van der Waals surface area contributed by atoms with Gasteiger partial charge in [-0.05, 0) is 253 Å². The van der Waals surface area contributed by atoms with Crippen molar-refractivity contribution in [3.8, 4) is 137 Å². The van der Waals surface area contributed by atoms with Crippen LogP contribution in [0.5, 0.6) is 103 Å². The molecule has 0 radical (unpaired) electrons. The molecule has 14 aromatic carbocycles. The van der Waals surface area contributed by atoms with Crippen molar-refractivity contribution >= 4 is 111 Å². The van der Waals surface area contributed by atoms with Gasteiger partial charge in [0, 0.05) is 135 Å². The predicted octanol–water partition coefficient (Wildman–Crippen LogP) is 23.7. The Bertz CT molecular complexity index is 7110. The number of aromatic hydroxyl groups is 18. The summed E-state index contributed by atoms with van der Waals surface area (Å²) in [5.74, 6) is -10.6. The van der Waals surface area contributed by atoms with Crippen LogP contribution in [0.2, 0.25) is 5.02 Å². The molecule has 4 fully saturated rings. The molecule has 18 rings (SSSR count). The van der Waals surface area contributed by atoms with Crippen LogP contribution in [0.1, 0.15) is 260 Å². The molecule has 0 saturated heterocycles. The van der Waals surface area contributed by atoms with E-state index in [0.29, 0.717) is 88.0 Å². The standard InChI is InChI=1S/C42H38ClNO8.C39H45NO8.C33H33NO8/c1-19-6-8-24(9-7-19)20(2)16-31(45)36-27-14-21(3)34(38(48)29(27)17-32(46)40(36)50)35-22(4)15-28-30(39(35)49)18-33(47)41(51)37(28)42(52)44-23(5)25-10-12-26(43)13-11-25;1-20-15-24-26(17-29(42)37(46)33(24)28(41)14-13-22-9-5-3-6-10-22)35(44)31(20)32-21(2)16-25-27(36(32)45)18-30(43)38(47)34(25)39(48)40-19-23-11-7-4-8-12-23;1-14-9-18-20(11-23(36)31(40)27(18)22(35)8-7-16-3-4-16)29(38)25(14)26-15(2)10-19-21(30(26)39)12-24(37)32(41)28(19)33(42)34-13-17-5-6-17/h6-15,17-18,20,23,46-51H,16H2,1-5H3,(H,44,52);15-18,22-23,42-47H,3-14,19H2,1-2H3,(H,40,48);9-12,16-17,36-41H,3-8,13H2,1-2H3,(H,34,42). The minimum absolute atomic E-state index is 0.0199. The summed E-state index contributed by atoms with van der Waals surface area (Å²) in [6, 6.07) is 30.8. The summed E-state index contributed by atoms with van der Waals surface area (Å²) in [6.07, 6.45) is 17.0. The van der Waals surface area contributed by atoms with Crippen LogP contribution in [-0.2, 0) is 0 Å². The Morgan fingerprint density at radius 3 is 0.845 bits per heavy atom. The highest BCUT2D eigenvalue weighted by molar-refractivity contribution is 6.30. The summed E-state index contributed by atoms with van der Waals surface area (Å²) >= 11 is 6.01. The first-order valence-electron chi connectivity index (χ1n) is 48.1. The number of phenols is 18. The monoisotopic (exact) mass is 1950 g/mol. The SMILES string of the molecule is Cc1cc2c(C(=O)CCC3CC3)c(O)c(O)cc2c(O)c1-c1c(C)cc2c(C(=O)NCC3CC3)c(O)c(O)cc2c1O.Cc1cc2c(C(=O)CCC3CCCCC3)c(O)c(O)cc2c(O)c1-c1c(C)cc2c(C(=O)NCC3CCCCC3)c(O)c(O)cc2c1O.Cc1ccc(C(C)CC(=O)c2c(O)c(O)cc3c(O)c(-c4c(C)cc5c(C(=O)NC(C)c6ccc(Cl)cc6)c(O)c(O)cc5c4O)c(C)cc23)cc1. The van der Waals surface area contributed by atoms with E-state index < -0.39 is 104 Å². The molecule has 0 heterocycles. The Morgan fingerprint density at radius 2 is 0.542 bits per heavy atom. The van der Waals surface area contributed by atoms with Gasteiger partial charge in [0.05, 0.1) is 39.4 Å². The molecule has 4 saturated carbocycles. The minimum atomic E-state index is -0.707. The number of phenolic OH excluding ortho intramolecular Hbond substituents is 18. The van der Waals surface area contributed by atoms with Crippen LogP contribution in [0.3, 0.4) is 0 Å². The highest BCUT2D eigenvalue weighted by atomic mass is 35.5. The van der Waals surface area contributed by atoms with Gasteiger partial charge in [0.1, 0.15) is 34.5 Å². The van der Waals surface area contributed by atoms with Crippen molar-refractivity contribution in [2.45, 2.75) is 196 Å². The molecule has 0 spiro atoms. The number of nitrogens with one attached hydrogen (secondary N) is 3. The molecule has 4 aliphatic carbocycles. The lowest BCUT2D eigenvalue weighted by molar-refractivity contribution is 0.0931. The summed E-state index contributed by atoms with van der Waals surface area (Å²) < 4.78 is 0. The van der Waals surface area contributed by atoms with E-state index in [9.17, 15) is 121 Å². The quantitative estimate of drug-likeness (QED) is 0.0197. The Hall–Kier alpha value is -15.3. The third-order valence-electron chi connectivity index (χ3n) is 29.0. The highest BCUT2D eigenvalue weighted by Gasteiger charge is 2.36. The van der Waals surface area contributed by atoms with Crippen LogP contribution >= 0.6 is 11.6 Å². The van der Waals surface area contributed by atoms with Gasteiger partial charge < -0.3 is 108 Å². The zero-order chi connectivity index (χ0) is 102. The van der Waals surface area contributed by atoms with Crippen molar-refractivity contribution in [3.63, 3.8) is 0 Å². The lowest BCUT2D eigenvalue weighted by Crippen LogP contribution is -2.30. The largest absolute Gasteiger partial charge is 0.507 e. The maximum absolute atomic E-state index is 13.7. The van der Waals surface area contributed by atoms with E-state index >= 15 is 0 Å². The maximum atomic E-state index is 13.7. The second kappa shape index (κ2) is 40.2. The Kier molecular flexibility index (Phi) is 28.2. The number of carbonyl (C=O) groups is 6. The van der Waals surface area contributed by atoms with Gasteiger partial charge in [-0.15, -0.1) is 0 Å². The van der Waals surface area contributed by atoms with E-state index in [2.05, 4.69) is 16.0 Å². The average molecular weight is 1950 g/mol. The first-order valence-corrected chi connectivity index (χ1v) is 48.5. The number of amides is 3. The van der Waals surface area contributed by atoms with E-state index in [1.54, 1.807) is 109 Å². The van der Waals surface area contributed by atoms with Gasteiger partial charge in [-0.3, -0.25) is 28.8 Å². The number of hydrogen-bond donors (Lipinski definition) is 21. The van der Waals surface area contributed by atoms with Gasteiger partial charge >= 0.3 is 0 Å². The number of aryl methyl sites for hydroxylation is 7. The van der Waals surface area contributed by atoms with Gasteiger partial charge in [0.15, 0.2) is 86.3 Å². The smallest absolute Gasteiger partial charge is 0.256 e. The van der Waals surface area contributed by atoms with Crippen LogP contribution < -0.4 is 16.0 Å². The van der Waals surface area contributed by atoms with Gasteiger partial charge in [0.25, 0.3) is 17.7 Å². The molecule has 0 bridgehead atoms. The van der Waals surface area contributed by atoms with Gasteiger partial charge in [0.2, 0.25) is 0 Å². The zero-order valence-electron chi connectivity index (χ0n) is 80.2. The molecule has 27 nitrogen and oxygen atoms in total. The number of hydrogen-bond acceptors (Lipinski definition) is 24. The fourth-order valence-electron chi connectivity index (χ4n) is 20.9.